The summed E-state index contributed by atoms with van der Waals surface area (Å²) >= 11 is 0. The summed E-state index contributed by atoms with van der Waals surface area (Å²) in [6.07, 6.45) is 0.701. The van der Waals surface area contributed by atoms with E-state index < -0.39 is 6.04 Å². The van der Waals surface area contributed by atoms with Crippen LogP contribution < -0.4 is 14.8 Å². The number of anilines is 1. The van der Waals surface area contributed by atoms with E-state index in [0.717, 1.165) is 27.9 Å². The van der Waals surface area contributed by atoms with Crippen molar-refractivity contribution in [2.45, 2.75) is 32.7 Å². The molecule has 7 nitrogen and oxygen atoms in total. The number of amides is 2. The van der Waals surface area contributed by atoms with Crippen LogP contribution in [-0.2, 0) is 16.0 Å². The lowest BCUT2D eigenvalue weighted by atomic mass is 9.90. The maximum absolute atomic E-state index is 13.2. The van der Waals surface area contributed by atoms with Crippen molar-refractivity contribution < 1.29 is 23.8 Å². The molecule has 0 saturated carbocycles. The number of hydrogen-bond donors (Lipinski definition) is 1. The molecule has 7 heteroatoms. The van der Waals surface area contributed by atoms with Gasteiger partial charge in [0, 0.05) is 12.2 Å². The number of hydrogen-bond acceptors (Lipinski definition) is 5. The normalized spacial score (nSPS) is 15.2. The van der Waals surface area contributed by atoms with Crippen molar-refractivity contribution >= 4 is 17.7 Å². The molecule has 0 aromatic heterocycles. The number of fused-ring (bicyclic) bond motifs is 1. The van der Waals surface area contributed by atoms with Crippen LogP contribution in [0.5, 0.6) is 11.5 Å². The molecule has 2 aromatic carbocycles. The molecule has 160 valence electrons. The highest BCUT2D eigenvalue weighted by atomic mass is 16.5. The van der Waals surface area contributed by atoms with E-state index in [0.29, 0.717) is 24.5 Å². The Morgan fingerprint density at radius 1 is 1.10 bits per heavy atom. The number of methoxy groups -OCH3 is 3. The maximum Gasteiger partial charge on any atom is 0.322 e. The van der Waals surface area contributed by atoms with Crippen molar-refractivity contribution in [2.24, 2.45) is 0 Å². The van der Waals surface area contributed by atoms with Gasteiger partial charge in [-0.1, -0.05) is 12.1 Å². The first-order valence-electron chi connectivity index (χ1n) is 9.85. The van der Waals surface area contributed by atoms with Crippen molar-refractivity contribution in [1.82, 2.24) is 4.90 Å². The second kappa shape index (κ2) is 9.07. The number of aryl methyl sites for hydroxylation is 1. The zero-order valence-electron chi connectivity index (χ0n) is 18.1. The van der Waals surface area contributed by atoms with Gasteiger partial charge in [-0.15, -0.1) is 0 Å². The van der Waals surface area contributed by atoms with Crippen LogP contribution in [-0.4, -0.2) is 44.8 Å². The van der Waals surface area contributed by atoms with Gasteiger partial charge in [0.2, 0.25) is 0 Å². The third-order valence-electron chi connectivity index (χ3n) is 5.70. The number of urea groups is 1. The highest BCUT2D eigenvalue weighted by Crippen LogP contribution is 2.40. The summed E-state index contributed by atoms with van der Waals surface area (Å²) in [5, 5.41) is 3.00. The molecule has 1 heterocycles. The zero-order chi connectivity index (χ0) is 21.8. The molecule has 0 saturated heterocycles. The van der Waals surface area contributed by atoms with Gasteiger partial charge >= 0.3 is 12.0 Å². The van der Waals surface area contributed by atoms with Crippen LogP contribution in [0.2, 0.25) is 0 Å². The first-order chi connectivity index (χ1) is 14.4. The largest absolute Gasteiger partial charge is 0.493 e. The highest BCUT2D eigenvalue weighted by molar-refractivity contribution is 5.91. The molecule has 0 fully saturated rings. The van der Waals surface area contributed by atoms with Crippen LogP contribution in [0.25, 0.3) is 0 Å². The fourth-order valence-electron chi connectivity index (χ4n) is 3.81. The van der Waals surface area contributed by atoms with Crippen molar-refractivity contribution in [2.75, 3.05) is 33.2 Å². The van der Waals surface area contributed by atoms with Gasteiger partial charge in [-0.05, 0) is 60.7 Å². The zero-order valence-corrected chi connectivity index (χ0v) is 18.1. The summed E-state index contributed by atoms with van der Waals surface area (Å²) in [4.78, 5) is 27.0. The molecule has 0 bridgehead atoms. The lowest BCUT2D eigenvalue weighted by Crippen LogP contribution is -2.43. The Balaban J connectivity index is 1.97. The molecule has 2 aromatic rings. The van der Waals surface area contributed by atoms with E-state index in [-0.39, 0.29) is 18.4 Å². The molecule has 0 radical (unpaired) electrons. The van der Waals surface area contributed by atoms with Gasteiger partial charge in [0.25, 0.3) is 0 Å². The third kappa shape index (κ3) is 4.20. The van der Waals surface area contributed by atoms with Crippen LogP contribution in [0.3, 0.4) is 0 Å². The smallest absolute Gasteiger partial charge is 0.322 e. The van der Waals surface area contributed by atoms with Crippen LogP contribution in [0.1, 0.15) is 34.7 Å². The van der Waals surface area contributed by atoms with Gasteiger partial charge in [0.05, 0.1) is 33.8 Å². The van der Waals surface area contributed by atoms with Crippen molar-refractivity contribution in [1.29, 1.82) is 0 Å². The minimum Gasteiger partial charge on any atom is -0.493 e. The molecule has 1 N–H and O–H groups in total. The quantitative estimate of drug-likeness (QED) is 0.751. The van der Waals surface area contributed by atoms with E-state index in [2.05, 4.69) is 5.32 Å². The van der Waals surface area contributed by atoms with Crippen molar-refractivity contribution in [3.63, 3.8) is 0 Å². The van der Waals surface area contributed by atoms with Gasteiger partial charge in [-0.25, -0.2) is 4.79 Å². The lowest BCUT2D eigenvalue weighted by molar-refractivity contribution is -0.141. The molecule has 0 aliphatic carbocycles. The summed E-state index contributed by atoms with van der Waals surface area (Å²) in [6, 6.07) is 8.83. The van der Waals surface area contributed by atoms with Gasteiger partial charge in [0.15, 0.2) is 11.5 Å². The van der Waals surface area contributed by atoms with Crippen LogP contribution >= 0.6 is 0 Å². The summed E-state index contributed by atoms with van der Waals surface area (Å²) < 4.78 is 15.7. The minimum absolute atomic E-state index is 0.0548. The SMILES string of the molecule is COC(=O)C[C@@H]1c2cc(OC)c(OC)cc2CCN1C(=O)Nc1cccc(C)c1C. The predicted octanol–water partition coefficient (Wildman–Crippen LogP) is 4.02. The molecule has 0 spiro atoms. The molecule has 1 aliphatic rings. The predicted molar refractivity (Wildman–Crippen MR) is 114 cm³/mol. The van der Waals surface area contributed by atoms with Gasteiger partial charge in [-0.3, -0.25) is 4.79 Å². The maximum atomic E-state index is 13.2. The summed E-state index contributed by atoms with van der Waals surface area (Å²) in [7, 11) is 4.50. The van der Waals surface area contributed by atoms with Gasteiger partial charge in [0.1, 0.15) is 0 Å². The van der Waals surface area contributed by atoms with Crippen LogP contribution in [0.4, 0.5) is 10.5 Å². The Hall–Kier alpha value is -3.22. The van der Waals surface area contributed by atoms with Crippen molar-refractivity contribution in [3.8, 4) is 11.5 Å². The topological polar surface area (TPSA) is 77.1 Å². The van der Waals surface area contributed by atoms with Crippen molar-refractivity contribution in [3.05, 3.63) is 52.6 Å². The second-order valence-corrected chi connectivity index (χ2v) is 7.32. The third-order valence-corrected chi connectivity index (χ3v) is 5.70. The fraction of sp³-hybridized carbons (Fsp3) is 0.391. The number of ether oxygens (including phenoxy) is 3. The number of esters is 1. The molecule has 1 aliphatic heterocycles. The van der Waals surface area contributed by atoms with E-state index in [9.17, 15) is 9.59 Å². The second-order valence-electron chi connectivity index (χ2n) is 7.32. The summed E-state index contributed by atoms with van der Waals surface area (Å²) in [5.74, 6) is 0.802. The van der Waals surface area contributed by atoms with E-state index >= 15 is 0 Å². The number of benzene rings is 2. The Kier molecular flexibility index (Phi) is 6.50. The van der Waals surface area contributed by atoms with E-state index in [4.69, 9.17) is 14.2 Å². The van der Waals surface area contributed by atoms with Gasteiger partial charge in [-0.2, -0.15) is 0 Å². The first kappa shape index (κ1) is 21.5. The number of nitrogens with one attached hydrogen (secondary N) is 1. The highest BCUT2D eigenvalue weighted by Gasteiger charge is 2.34. The molecule has 1 atom stereocenters. The Morgan fingerprint density at radius 2 is 1.80 bits per heavy atom. The van der Waals surface area contributed by atoms with Crippen LogP contribution in [0, 0.1) is 13.8 Å². The van der Waals surface area contributed by atoms with Crippen LogP contribution in [0.15, 0.2) is 30.3 Å². The molecular formula is C23H28N2O5. The molecule has 2 amide bonds. The molecule has 30 heavy (non-hydrogen) atoms. The van der Waals surface area contributed by atoms with Gasteiger partial charge < -0.3 is 24.4 Å². The fourth-order valence-corrected chi connectivity index (χ4v) is 3.81. The molecular weight excluding hydrogens is 384 g/mol. The standard InChI is InChI=1S/C23H28N2O5/c1-14-7-6-8-18(15(14)2)24-23(27)25-10-9-16-11-20(28-3)21(29-4)12-17(16)19(25)13-22(26)30-5/h6-8,11-12,19H,9-10,13H2,1-5H3,(H,24,27)/t19-/m1/s1. The number of rotatable bonds is 5. The monoisotopic (exact) mass is 412 g/mol. The minimum atomic E-state index is -0.467. The molecule has 0 unspecified atom stereocenters. The Bertz CT molecular complexity index is 957. The molecule has 3 rings (SSSR count). The summed E-state index contributed by atoms with van der Waals surface area (Å²) in [5.41, 5.74) is 4.76. The Labute approximate surface area is 176 Å². The summed E-state index contributed by atoms with van der Waals surface area (Å²) in [6.45, 7) is 4.45. The van der Waals surface area contributed by atoms with E-state index in [1.54, 1.807) is 19.1 Å². The average molecular weight is 412 g/mol. The Morgan fingerprint density at radius 3 is 2.47 bits per heavy atom. The van der Waals surface area contributed by atoms with E-state index in [1.165, 1.54) is 7.11 Å². The lowest BCUT2D eigenvalue weighted by Gasteiger charge is -2.37. The first-order valence-corrected chi connectivity index (χ1v) is 9.85. The number of carbonyl (C=O) groups excluding carboxylic acids is 2. The number of carbonyl (C=O) groups is 2. The van der Waals surface area contributed by atoms with E-state index in [1.807, 2.05) is 44.2 Å². The average Bonchev–Trinajstić information content (AvgIpc) is 2.75. The number of nitrogens with zero attached hydrogens (tertiary/aromatic N) is 1.